The van der Waals surface area contributed by atoms with Gasteiger partial charge in [0, 0.05) is 12.1 Å². The molecule has 2 aromatic rings. The monoisotopic (exact) mass is 340 g/mol. The van der Waals surface area contributed by atoms with Crippen molar-refractivity contribution in [2.75, 3.05) is 5.32 Å². The molecule has 1 aliphatic heterocycles. The summed E-state index contributed by atoms with van der Waals surface area (Å²) in [5.41, 5.74) is 1.16. The molecule has 25 heavy (non-hydrogen) atoms. The van der Waals surface area contributed by atoms with Gasteiger partial charge < -0.3 is 10.3 Å². The highest BCUT2D eigenvalue weighted by Crippen LogP contribution is 2.36. The maximum Gasteiger partial charge on any atom is 0.273 e. The van der Waals surface area contributed by atoms with Gasteiger partial charge in [0.1, 0.15) is 11.5 Å². The molecule has 0 radical (unpaired) electrons. The molecular weight excluding hydrogens is 320 g/mol. The number of carbonyl (C=O) groups is 3. The number of hydrogen-bond acceptors (Lipinski definition) is 4. The fraction of sp³-hybridized carbons (Fsp3) is 0.333. The Morgan fingerprint density at radius 1 is 1.28 bits per heavy atom. The van der Waals surface area contributed by atoms with Gasteiger partial charge in [-0.2, -0.15) is 0 Å². The summed E-state index contributed by atoms with van der Waals surface area (Å²) in [5.74, 6) is -0.0911. The first-order valence-corrected chi connectivity index (χ1v) is 8.22. The third kappa shape index (κ3) is 3.17. The molecule has 1 aromatic carbocycles. The maximum atomic E-state index is 12.4. The number of hydrogen-bond donors (Lipinski definition) is 3. The molecule has 7 nitrogen and oxygen atoms in total. The molecule has 1 unspecified atom stereocenters. The molecule has 3 rings (SSSR count). The first-order valence-electron chi connectivity index (χ1n) is 8.22. The van der Waals surface area contributed by atoms with Gasteiger partial charge in [0.25, 0.3) is 5.91 Å². The van der Waals surface area contributed by atoms with Gasteiger partial charge >= 0.3 is 0 Å². The Morgan fingerprint density at radius 3 is 2.56 bits per heavy atom. The van der Waals surface area contributed by atoms with Gasteiger partial charge in [-0.3, -0.25) is 19.7 Å². The van der Waals surface area contributed by atoms with E-state index in [-0.39, 0.29) is 17.7 Å². The summed E-state index contributed by atoms with van der Waals surface area (Å²) < 4.78 is 0. The second-order valence-electron chi connectivity index (χ2n) is 6.23. The average molecular weight is 340 g/mol. The van der Waals surface area contributed by atoms with Gasteiger partial charge in [-0.25, -0.2) is 4.98 Å². The Morgan fingerprint density at radius 2 is 2.00 bits per heavy atom. The van der Waals surface area contributed by atoms with Crippen LogP contribution in [0.2, 0.25) is 0 Å². The molecule has 3 amide bonds. The summed E-state index contributed by atoms with van der Waals surface area (Å²) in [7, 11) is 0. The standard InChI is InChI=1S/C18H20N4O3/c1-3-18(9-8-15(23)22-17(18)25)12-4-6-13(7-5-12)21-16(24)14-10-19-11(2)20-14/h4-7,10H,3,8-9H2,1-2H3,(H,19,20)(H,21,24)(H,22,23,25). The van der Waals surface area contributed by atoms with Crippen LogP contribution >= 0.6 is 0 Å². The second-order valence-corrected chi connectivity index (χ2v) is 6.23. The summed E-state index contributed by atoms with van der Waals surface area (Å²) in [4.78, 5) is 42.8. The van der Waals surface area contributed by atoms with E-state index in [0.29, 0.717) is 36.5 Å². The largest absolute Gasteiger partial charge is 0.338 e. The van der Waals surface area contributed by atoms with Crippen molar-refractivity contribution in [3.05, 3.63) is 47.5 Å². The molecule has 130 valence electrons. The number of nitrogens with zero attached hydrogens (tertiary/aromatic N) is 1. The van der Waals surface area contributed by atoms with E-state index < -0.39 is 5.41 Å². The van der Waals surface area contributed by atoms with E-state index in [1.807, 2.05) is 19.1 Å². The minimum absolute atomic E-state index is 0.229. The quantitative estimate of drug-likeness (QED) is 0.741. The van der Waals surface area contributed by atoms with E-state index in [2.05, 4.69) is 20.6 Å². The van der Waals surface area contributed by atoms with Crippen molar-refractivity contribution in [1.29, 1.82) is 0 Å². The van der Waals surface area contributed by atoms with Crippen molar-refractivity contribution in [1.82, 2.24) is 15.3 Å². The first kappa shape index (κ1) is 16.9. The predicted molar refractivity (Wildman–Crippen MR) is 92.1 cm³/mol. The molecule has 0 spiro atoms. The summed E-state index contributed by atoms with van der Waals surface area (Å²) in [6.45, 7) is 3.71. The minimum Gasteiger partial charge on any atom is -0.338 e. The number of aromatic nitrogens is 2. The van der Waals surface area contributed by atoms with Crippen LogP contribution in [0.5, 0.6) is 0 Å². The lowest BCUT2D eigenvalue weighted by atomic mass is 9.72. The molecule has 7 heteroatoms. The smallest absolute Gasteiger partial charge is 0.273 e. The zero-order valence-electron chi connectivity index (χ0n) is 14.2. The van der Waals surface area contributed by atoms with E-state index in [0.717, 1.165) is 5.56 Å². The van der Waals surface area contributed by atoms with Crippen molar-refractivity contribution in [2.45, 2.75) is 38.5 Å². The lowest BCUT2D eigenvalue weighted by molar-refractivity contribution is -0.138. The van der Waals surface area contributed by atoms with Gasteiger partial charge in [0.05, 0.1) is 11.6 Å². The van der Waals surface area contributed by atoms with E-state index in [1.165, 1.54) is 6.20 Å². The zero-order valence-corrected chi connectivity index (χ0v) is 14.2. The SMILES string of the molecule is CCC1(c2ccc(NC(=O)c3cnc(C)[nH]3)cc2)CCC(=O)NC1=O. The zero-order chi connectivity index (χ0) is 18.0. The number of aromatic amines is 1. The number of amides is 3. The molecule has 0 bridgehead atoms. The number of H-pyrrole nitrogens is 1. The van der Waals surface area contributed by atoms with Crippen LogP contribution < -0.4 is 10.6 Å². The number of piperidine rings is 1. The number of nitrogens with one attached hydrogen (secondary N) is 3. The molecule has 3 N–H and O–H groups in total. The third-order valence-electron chi connectivity index (χ3n) is 4.71. The van der Waals surface area contributed by atoms with Crippen molar-refractivity contribution in [3.63, 3.8) is 0 Å². The topological polar surface area (TPSA) is 104 Å². The highest BCUT2D eigenvalue weighted by Gasteiger charge is 2.42. The van der Waals surface area contributed by atoms with Gasteiger partial charge in [-0.05, 0) is 37.5 Å². The fourth-order valence-electron chi connectivity index (χ4n) is 3.17. The summed E-state index contributed by atoms with van der Waals surface area (Å²) in [5, 5.41) is 5.22. The number of carbonyl (C=O) groups excluding carboxylic acids is 3. The van der Waals surface area contributed by atoms with Crippen LogP contribution in [0, 0.1) is 6.92 Å². The normalized spacial score (nSPS) is 20.2. The van der Waals surface area contributed by atoms with E-state index in [4.69, 9.17) is 0 Å². The highest BCUT2D eigenvalue weighted by atomic mass is 16.2. The number of rotatable bonds is 4. The van der Waals surface area contributed by atoms with Crippen molar-refractivity contribution < 1.29 is 14.4 Å². The number of anilines is 1. The highest BCUT2D eigenvalue weighted by molar-refractivity contribution is 6.04. The first-order chi connectivity index (χ1) is 11.9. The number of imidazole rings is 1. The molecule has 1 aliphatic rings. The summed E-state index contributed by atoms with van der Waals surface area (Å²) in [6.07, 6.45) is 2.91. The van der Waals surface area contributed by atoms with Crippen molar-refractivity contribution in [3.8, 4) is 0 Å². The van der Waals surface area contributed by atoms with Crippen LogP contribution in [-0.2, 0) is 15.0 Å². The average Bonchev–Trinajstić information content (AvgIpc) is 3.03. The maximum absolute atomic E-state index is 12.4. The van der Waals surface area contributed by atoms with Crippen LogP contribution in [0.3, 0.4) is 0 Å². The van der Waals surface area contributed by atoms with Crippen LogP contribution in [0.1, 0.15) is 48.1 Å². The summed E-state index contributed by atoms with van der Waals surface area (Å²) >= 11 is 0. The van der Waals surface area contributed by atoms with Crippen LogP contribution in [-0.4, -0.2) is 27.7 Å². The van der Waals surface area contributed by atoms with Crippen LogP contribution in [0.4, 0.5) is 5.69 Å². The van der Waals surface area contributed by atoms with Crippen molar-refractivity contribution >= 4 is 23.4 Å². The molecule has 1 fully saturated rings. The minimum atomic E-state index is -0.697. The predicted octanol–water partition coefficient (Wildman–Crippen LogP) is 2.05. The van der Waals surface area contributed by atoms with E-state index >= 15 is 0 Å². The molecule has 1 atom stereocenters. The van der Waals surface area contributed by atoms with E-state index in [9.17, 15) is 14.4 Å². The van der Waals surface area contributed by atoms with Gasteiger partial charge in [-0.15, -0.1) is 0 Å². The molecule has 1 saturated heterocycles. The Bertz CT molecular complexity index is 825. The molecule has 0 aliphatic carbocycles. The second kappa shape index (κ2) is 6.51. The Kier molecular flexibility index (Phi) is 4.39. The number of aryl methyl sites for hydroxylation is 1. The molecular formula is C18H20N4O3. The van der Waals surface area contributed by atoms with Gasteiger partial charge in [0.2, 0.25) is 11.8 Å². The molecule has 1 aromatic heterocycles. The number of benzene rings is 1. The summed E-state index contributed by atoms with van der Waals surface area (Å²) in [6, 6.07) is 7.18. The lowest BCUT2D eigenvalue weighted by Crippen LogP contribution is -2.51. The van der Waals surface area contributed by atoms with Crippen LogP contribution in [0.15, 0.2) is 30.5 Å². The fourth-order valence-corrected chi connectivity index (χ4v) is 3.17. The lowest BCUT2D eigenvalue weighted by Gasteiger charge is -2.35. The number of imide groups is 1. The van der Waals surface area contributed by atoms with Crippen LogP contribution in [0.25, 0.3) is 0 Å². The molecule has 0 saturated carbocycles. The Labute approximate surface area is 145 Å². The van der Waals surface area contributed by atoms with E-state index in [1.54, 1.807) is 19.1 Å². The molecule has 2 heterocycles. The Balaban J connectivity index is 1.78. The third-order valence-corrected chi connectivity index (χ3v) is 4.71. The van der Waals surface area contributed by atoms with Gasteiger partial charge in [-0.1, -0.05) is 19.1 Å². The Hall–Kier alpha value is -2.96. The van der Waals surface area contributed by atoms with Gasteiger partial charge in [0.15, 0.2) is 0 Å². The van der Waals surface area contributed by atoms with Crippen molar-refractivity contribution in [2.24, 2.45) is 0 Å².